The molecule has 84 valence electrons. The van der Waals surface area contributed by atoms with Gasteiger partial charge in [-0.25, -0.2) is 0 Å². The van der Waals surface area contributed by atoms with Crippen molar-refractivity contribution in [3.05, 3.63) is 46.5 Å². The van der Waals surface area contributed by atoms with Gasteiger partial charge in [-0.3, -0.25) is 14.9 Å². The molecular weight excluding hydrogens is 208 g/mol. The van der Waals surface area contributed by atoms with E-state index in [0.717, 1.165) is 0 Å². The number of aldehydes is 1. The van der Waals surface area contributed by atoms with E-state index in [1.165, 1.54) is 12.1 Å². The highest BCUT2D eigenvalue weighted by molar-refractivity contribution is 5.85. The largest absolute Gasteiger partial charge is 0.370 e. The summed E-state index contributed by atoms with van der Waals surface area (Å²) in [6.45, 7) is 4.16. The number of hydrogen-bond donors (Lipinski definition) is 0. The molecule has 0 N–H and O–H groups in total. The molecule has 0 aliphatic heterocycles. The van der Waals surface area contributed by atoms with Crippen LogP contribution in [-0.4, -0.2) is 24.8 Å². The van der Waals surface area contributed by atoms with Crippen LogP contribution in [0.5, 0.6) is 0 Å². The van der Waals surface area contributed by atoms with Crippen LogP contribution in [0.1, 0.15) is 10.4 Å². The molecule has 1 aromatic carbocycles. The average molecular weight is 220 g/mol. The van der Waals surface area contributed by atoms with Crippen molar-refractivity contribution in [3.8, 4) is 0 Å². The second-order valence-electron chi connectivity index (χ2n) is 3.29. The van der Waals surface area contributed by atoms with Crippen molar-refractivity contribution < 1.29 is 9.72 Å². The lowest BCUT2D eigenvalue weighted by Gasteiger charge is -2.18. The summed E-state index contributed by atoms with van der Waals surface area (Å²) in [5.41, 5.74) is 0.872. The molecule has 0 aliphatic rings. The van der Waals surface area contributed by atoms with Crippen molar-refractivity contribution in [1.29, 1.82) is 0 Å². The maximum atomic E-state index is 10.8. The fraction of sp³-hybridized carbons (Fsp3) is 0.182. The van der Waals surface area contributed by atoms with E-state index >= 15 is 0 Å². The van der Waals surface area contributed by atoms with E-state index in [4.69, 9.17) is 0 Å². The van der Waals surface area contributed by atoms with Crippen LogP contribution in [0, 0.1) is 10.1 Å². The van der Waals surface area contributed by atoms with Crippen LogP contribution in [0.15, 0.2) is 30.9 Å². The Morgan fingerprint density at radius 2 is 2.25 bits per heavy atom. The van der Waals surface area contributed by atoms with Gasteiger partial charge in [0.15, 0.2) is 6.29 Å². The minimum atomic E-state index is -0.524. The number of rotatable bonds is 5. The third-order valence-corrected chi connectivity index (χ3v) is 2.16. The van der Waals surface area contributed by atoms with Gasteiger partial charge in [0.2, 0.25) is 0 Å². The Balaban J connectivity index is 3.15. The average Bonchev–Trinajstić information content (AvgIpc) is 2.28. The van der Waals surface area contributed by atoms with Gasteiger partial charge in [-0.2, -0.15) is 0 Å². The summed E-state index contributed by atoms with van der Waals surface area (Å²) in [5.74, 6) is 0. The van der Waals surface area contributed by atoms with Crippen molar-refractivity contribution in [1.82, 2.24) is 0 Å². The first-order chi connectivity index (χ1) is 7.60. The van der Waals surface area contributed by atoms with Crippen LogP contribution in [0.4, 0.5) is 11.4 Å². The molecule has 0 atom stereocenters. The summed E-state index contributed by atoms with van der Waals surface area (Å²) in [6.07, 6.45) is 2.30. The highest BCUT2D eigenvalue weighted by atomic mass is 16.6. The standard InChI is InChI=1S/C11H12N2O3/c1-3-6-12(2)11-5-4-10(13(15)16)7-9(11)8-14/h3-5,7-8H,1,6H2,2H3. The number of non-ortho nitro benzene ring substituents is 1. The summed E-state index contributed by atoms with van der Waals surface area (Å²) in [5, 5.41) is 10.5. The lowest BCUT2D eigenvalue weighted by atomic mass is 10.1. The van der Waals surface area contributed by atoms with E-state index in [1.807, 2.05) is 0 Å². The van der Waals surface area contributed by atoms with Gasteiger partial charge in [0.25, 0.3) is 5.69 Å². The number of benzene rings is 1. The van der Waals surface area contributed by atoms with Crippen LogP contribution < -0.4 is 4.90 Å². The second kappa shape index (κ2) is 5.06. The first-order valence-electron chi connectivity index (χ1n) is 4.65. The molecule has 5 nitrogen and oxygen atoms in total. The molecule has 0 aromatic heterocycles. The van der Waals surface area contributed by atoms with E-state index in [0.29, 0.717) is 24.1 Å². The van der Waals surface area contributed by atoms with Gasteiger partial charge in [-0.1, -0.05) is 6.08 Å². The predicted octanol–water partition coefficient (Wildman–Crippen LogP) is 2.03. The molecule has 0 spiro atoms. The first kappa shape index (κ1) is 11.9. The number of anilines is 1. The highest BCUT2D eigenvalue weighted by Gasteiger charge is 2.12. The maximum absolute atomic E-state index is 10.8. The third kappa shape index (κ3) is 2.44. The first-order valence-corrected chi connectivity index (χ1v) is 4.65. The van der Waals surface area contributed by atoms with E-state index in [2.05, 4.69) is 6.58 Å². The summed E-state index contributed by atoms with van der Waals surface area (Å²) >= 11 is 0. The van der Waals surface area contributed by atoms with Gasteiger partial charge >= 0.3 is 0 Å². The van der Waals surface area contributed by atoms with Crippen molar-refractivity contribution in [2.45, 2.75) is 0 Å². The number of hydrogen-bond acceptors (Lipinski definition) is 4. The lowest BCUT2D eigenvalue weighted by molar-refractivity contribution is -0.384. The zero-order valence-corrected chi connectivity index (χ0v) is 8.92. The minimum absolute atomic E-state index is 0.0853. The summed E-state index contributed by atoms with van der Waals surface area (Å²) in [6, 6.07) is 4.20. The van der Waals surface area contributed by atoms with E-state index < -0.39 is 4.92 Å². The van der Waals surface area contributed by atoms with Crippen LogP contribution in [0.25, 0.3) is 0 Å². The zero-order chi connectivity index (χ0) is 12.1. The van der Waals surface area contributed by atoms with Crippen molar-refractivity contribution in [3.63, 3.8) is 0 Å². The van der Waals surface area contributed by atoms with Gasteiger partial charge < -0.3 is 4.90 Å². The summed E-state index contributed by atoms with van der Waals surface area (Å²) in [7, 11) is 1.79. The van der Waals surface area contributed by atoms with E-state index in [-0.39, 0.29) is 5.69 Å². The number of nitrogens with zero attached hydrogens (tertiary/aromatic N) is 2. The molecule has 0 unspecified atom stereocenters. The molecule has 0 amide bonds. The summed E-state index contributed by atoms with van der Waals surface area (Å²) in [4.78, 5) is 22.6. The Labute approximate surface area is 93.1 Å². The van der Waals surface area contributed by atoms with Gasteiger partial charge in [0.05, 0.1) is 4.92 Å². The molecule has 0 saturated carbocycles. The smallest absolute Gasteiger partial charge is 0.270 e. The van der Waals surface area contributed by atoms with Crippen molar-refractivity contribution >= 4 is 17.7 Å². The van der Waals surface area contributed by atoms with E-state index in [9.17, 15) is 14.9 Å². The minimum Gasteiger partial charge on any atom is -0.370 e. The number of carbonyl (C=O) groups is 1. The number of nitro groups is 1. The maximum Gasteiger partial charge on any atom is 0.270 e. The SMILES string of the molecule is C=CCN(C)c1ccc([N+](=O)[O-])cc1C=O. The third-order valence-electron chi connectivity index (χ3n) is 2.16. The normalized spacial score (nSPS) is 9.56. The van der Waals surface area contributed by atoms with Gasteiger partial charge in [-0.15, -0.1) is 6.58 Å². The van der Waals surface area contributed by atoms with Crippen LogP contribution in [0.3, 0.4) is 0 Å². The van der Waals surface area contributed by atoms with E-state index in [1.54, 1.807) is 24.1 Å². The van der Waals surface area contributed by atoms with Crippen LogP contribution in [-0.2, 0) is 0 Å². The molecule has 0 radical (unpaired) electrons. The molecule has 0 heterocycles. The second-order valence-corrected chi connectivity index (χ2v) is 3.29. The monoisotopic (exact) mass is 220 g/mol. The topological polar surface area (TPSA) is 63.4 Å². The fourth-order valence-corrected chi connectivity index (χ4v) is 1.39. The van der Waals surface area contributed by atoms with Crippen molar-refractivity contribution in [2.24, 2.45) is 0 Å². The molecule has 1 aromatic rings. The number of nitro benzene ring substituents is 1. The Kier molecular flexibility index (Phi) is 3.77. The van der Waals surface area contributed by atoms with Gasteiger partial charge in [0, 0.05) is 37.0 Å². The Hall–Kier alpha value is -2.17. The van der Waals surface area contributed by atoms with Gasteiger partial charge in [-0.05, 0) is 6.07 Å². The molecule has 0 bridgehead atoms. The summed E-state index contributed by atoms with van der Waals surface area (Å²) < 4.78 is 0. The lowest BCUT2D eigenvalue weighted by Crippen LogP contribution is -2.18. The highest BCUT2D eigenvalue weighted by Crippen LogP contribution is 2.23. The Morgan fingerprint density at radius 3 is 2.75 bits per heavy atom. The number of carbonyl (C=O) groups excluding carboxylic acids is 1. The Bertz CT molecular complexity index is 429. The quantitative estimate of drug-likeness (QED) is 0.329. The molecule has 0 fully saturated rings. The Morgan fingerprint density at radius 1 is 1.56 bits per heavy atom. The number of likely N-dealkylation sites (N-methyl/N-ethyl adjacent to an activating group) is 1. The van der Waals surface area contributed by atoms with Crippen LogP contribution in [0.2, 0.25) is 0 Å². The van der Waals surface area contributed by atoms with Gasteiger partial charge in [0.1, 0.15) is 0 Å². The molecular formula is C11H12N2O3. The molecule has 16 heavy (non-hydrogen) atoms. The molecule has 1 rings (SSSR count). The fourth-order valence-electron chi connectivity index (χ4n) is 1.39. The predicted molar refractivity (Wildman–Crippen MR) is 62.0 cm³/mol. The molecule has 0 saturated heterocycles. The zero-order valence-electron chi connectivity index (χ0n) is 8.92. The molecule has 5 heteroatoms. The van der Waals surface area contributed by atoms with Crippen LogP contribution >= 0.6 is 0 Å². The molecule has 0 aliphatic carbocycles. The van der Waals surface area contributed by atoms with Crippen molar-refractivity contribution in [2.75, 3.05) is 18.5 Å².